The molecule has 1 N–H and O–H groups in total. The first-order valence-electron chi connectivity index (χ1n) is 2.50. The van der Waals surface area contributed by atoms with Crippen LogP contribution >= 0.6 is 0 Å². The second-order valence-corrected chi connectivity index (χ2v) is 1.61. The molecule has 0 atom stereocenters. The van der Waals surface area contributed by atoms with E-state index in [4.69, 9.17) is 0 Å². The van der Waals surface area contributed by atoms with Crippen molar-refractivity contribution in [2.75, 3.05) is 0 Å². The number of hydrogen-bond donors (Lipinski definition) is 1. The molecule has 0 aromatic carbocycles. The summed E-state index contributed by atoms with van der Waals surface area (Å²) in [7, 11) is 0. The van der Waals surface area contributed by atoms with Gasteiger partial charge >= 0.3 is 0 Å². The topological polar surface area (TPSA) is 88.8 Å². The molecule has 0 saturated carbocycles. The molecular formula is C3H2N6O. The molecule has 0 aliphatic rings. The molecule has 2 aromatic rings. The normalized spacial score (nSPS) is 10.4. The quantitative estimate of drug-likeness (QED) is 0.464. The highest BCUT2D eigenvalue weighted by molar-refractivity contribution is 5.27. The van der Waals surface area contributed by atoms with E-state index in [0.717, 1.165) is 4.63 Å². The van der Waals surface area contributed by atoms with Gasteiger partial charge in [0.1, 0.15) is 6.33 Å². The van der Waals surface area contributed by atoms with E-state index in [9.17, 15) is 4.79 Å². The Morgan fingerprint density at radius 1 is 1.60 bits per heavy atom. The van der Waals surface area contributed by atoms with Gasteiger partial charge in [0.2, 0.25) is 0 Å². The van der Waals surface area contributed by atoms with Gasteiger partial charge < -0.3 is 4.98 Å². The second-order valence-electron chi connectivity index (χ2n) is 1.61. The summed E-state index contributed by atoms with van der Waals surface area (Å²) in [5.74, 6) is 0. The van der Waals surface area contributed by atoms with E-state index in [0.29, 0.717) is 0 Å². The maximum Gasteiger partial charge on any atom is 0.298 e. The van der Waals surface area contributed by atoms with Gasteiger partial charge in [0.25, 0.3) is 11.2 Å². The number of nitrogens with zero attached hydrogens (tertiary/aromatic N) is 5. The van der Waals surface area contributed by atoms with Crippen molar-refractivity contribution in [3.63, 3.8) is 0 Å². The lowest BCUT2D eigenvalue weighted by Gasteiger charge is -1.81. The van der Waals surface area contributed by atoms with Gasteiger partial charge in [-0.1, -0.05) is 0 Å². The van der Waals surface area contributed by atoms with Gasteiger partial charge in [-0.15, -0.1) is 14.8 Å². The van der Waals surface area contributed by atoms with Crippen LogP contribution in [0.3, 0.4) is 0 Å². The molecule has 0 bridgehead atoms. The Balaban J connectivity index is 3.09. The first-order valence-corrected chi connectivity index (χ1v) is 2.50. The third-order valence-electron chi connectivity index (χ3n) is 1.02. The van der Waals surface area contributed by atoms with E-state index in [1.807, 2.05) is 0 Å². The van der Waals surface area contributed by atoms with Crippen molar-refractivity contribution < 1.29 is 0 Å². The van der Waals surface area contributed by atoms with Crippen molar-refractivity contribution in [3.05, 3.63) is 16.7 Å². The molecule has 7 nitrogen and oxygen atoms in total. The van der Waals surface area contributed by atoms with Crippen LogP contribution in [0.4, 0.5) is 0 Å². The van der Waals surface area contributed by atoms with Crippen molar-refractivity contribution in [1.29, 1.82) is 0 Å². The predicted octanol–water partition coefficient (Wildman–Crippen LogP) is -1.79. The molecule has 50 valence electrons. The number of H-pyrrole nitrogens is 1. The third-order valence-corrected chi connectivity index (χ3v) is 1.02. The minimum atomic E-state index is -0.347. The zero-order valence-corrected chi connectivity index (χ0v) is 4.72. The zero-order chi connectivity index (χ0) is 6.97. The first-order chi connectivity index (χ1) is 4.88. The summed E-state index contributed by atoms with van der Waals surface area (Å²) in [6, 6.07) is 0. The van der Waals surface area contributed by atoms with Crippen LogP contribution in [0.5, 0.6) is 0 Å². The molecule has 10 heavy (non-hydrogen) atoms. The van der Waals surface area contributed by atoms with Gasteiger partial charge in [0.05, 0.1) is 0 Å². The molecule has 0 saturated heterocycles. The summed E-state index contributed by atoms with van der Waals surface area (Å²) in [4.78, 5) is 13.1. The number of aromatic nitrogens is 6. The maximum atomic E-state index is 10.8. The van der Waals surface area contributed by atoms with Crippen molar-refractivity contribution >= 4 is 5.65 Å². The highest BCUT2D eigenvalue weighted by Gasteiger charge is 1.98. The van der Waals surface area contributed by atoms with Gasteiger partial charge in [-0.3, -0.25) is 4.79 Å². The van der Waals surface area contributed by atoms with Crippen LogP contribution in [-0.2, 0) is 0 Å². The molecule has 2 rings (SSSR count). The Morgan fingerprint density at radius 3 is 3.30 bits per heavy atom. The Bertz CT molecular complexity index is 400. The Hall–Kier alpha value is -1.79. The van der Waals surface area contributed by atoms with Crippen LogP contribution < -0.4 is 5.56 Å². The largest absolute Gasteiger partial charge is 0.308 e. The SMILES string of the molecule is O=c1[nH]cnn2nnnc12. The monoisotopic (exact) mass is 138 g/mol. The predicted molar refractivity (Wildman–Crippen MR) is 29.2 cm³/mol. The number of fused-ring (bicyclic) bond motifs is 1. The summed E-state index contributed by atoms with van der Waals surface area (Å²) in [6.45, 7) is 0. The molecule has 0 fully saturated rings. The molecule has 2 aromatic heterocycles. The molecule has 0 aliphatic carbocycles. The van der Waals surface area contributed by atoms with Crippen LogP contribution in [0.15, 0.2) is 11.1 Å². The molecule has 0 amide bonds. The number of tetrazole rings is 1. The number of aromatic amines is 1. The fraction of sp³-hybridized carbons (Fsp3) is 0. The fourth-order valence-electron chi connectivity index (χ4n) is 0.603. The van der Waals surface area contributed by atoms with E-state index in [2.05, 4.69) is 25.6 Å². The summed E-state index contributed by atoms with van der Waals surface area (Å²) >= 11 is 0. The van der Waals surface area contributed by atoms with E-state index in [1.165, 1.54) is 6.33 Å². The highest BCUT2D eigenvalue weighted by Crippen LogP contribution is 1.76. The number of hydrogen-bond acceptors (Lipinski definition) is 5. The molecular weight excluding hydrogens is 136 g/mol. The van der Waals surface area contributed by atoms with Crippen molar-refractivity contribution in [1.82, 2.24) is 30.2 Å². The van der Waals surface area contributed by atoms with E-state index < -0.39 is 0 Å². The molecule has 0 radical (unpaired) electrons. The van der Waals surface area contributed by atoms with E-state index in [-0.39, 0.29) is 11.2 Å². The van der Waals surface area contributed by atoms with Crippen LogP contribution in [0.2, 0.25) is 0 Å². The minimum Gasteiger partial charge on any atom is -0.308 e. The minimum absolute atomic E-state index is 0.0995. The molecule has 2 heterocycles. The first kappa shape index (κ1) is 5.03. The van der Waals surface area contributed by atoms with Crippen LogP contribution in [0.25, 0.3) is 5.65 Å². The fourth-order valence-corrected chi connectivity index (χ4v) is 0.603. The van der Waals surface area contributed by atoms with E-state index >= 15 is 0 Å². The lowest BCUT2D eigenvalue weighted by atomic mass is 10.8. The summed E-state index contributed by atoms with van der Waals surface area (Å²) in [5, 5.41) is 13.7. The van der Waals surface area contributed by atoms with Crippen LogP contribution in [0.1, 0.15) is 0 Å². The highest BCUT2D eigenvalue weighted by atomic mass is 16.1. The molecule has 0 unspecified atom stereocenters. The molecule has 7 heteroatoms. The summed E-state index contributed by atoms with van der Waals surface area (Å²) in [6.07, 6.45) is 1.23. The lowest BCUT2D eigenvalue weighted by Crippen LogP contribution is -2.11. The van der Waals surface area contributed by atoms with E-state index in [1.54, 1.807) is 0 Å². The third kappa shape index (κ3) is 0.508. The lowest BCUT2D eigenvalue weighted by molar-refractivity contribution is 0.719. The van der Waals surface area contributed by atoms with Crippen molar-refractivity contribution in [2.24, 2.45) is 0 Å². The van der Waals surface area contributed by atoms with Gasteiger partial charge in [-0.05, 0) is 10.4 Å². The second kappa shape index (κ2) is 1.59. The number of rotatable bonds is 0. The molecule has 0 spiro atoms. The van der Waals surface area contributed by atoms with Crippen LogP contribution in [-0.4, -0.2) is 30.2 Å². The van der Waals surface area contributed by atoms with Gasteiger partial charge in [-0.2, -0.15) is 0 Å². The van der Waals surface area contributed by atoms with Gasteiger partial charge in [-0.25, -0.2) is 0 Å². The Kier molecular flexibility index (Phi) is 0.802. The standard InChI is InChI=1S/C3H2N6O/c10-3-2-6-7-8-9(2)5-1-4-3/h1H,(H,4,5,10). The maximum absolute atomic E-state index is 10.8. The van der Waals surface area contributed by atoms with Crippen molar-refractivity contribution in [2.45, 2.75) is 0 Å². The van der Waals surface area contributed by atoms with Crippen LogP contribution in [0, 0.1) is 0 Å². The summed E-state index contributed by atoms with van der Waals surface area (Å²) < 4.78 is 1.05. The summed E-state index contributed by atoms with van der Waals surface area (Å²) in [5.41, 5.74) is -0.248. The Labute approximate surface area is 53.7 Å². The smallest absolute Gasteiger partial charge is 0.298 e. The van der Waals surface area contributed by atoms with Crippen molar-refractivity contribution in [3.8, 4) is 0 Å². The zero-order valence-electron chi connectivity index (χ0n) is 4.72. The average Bonchev–Trinajstić information content (AvgIpc) is 2.36. The molecule has 0 aliphatic heterocycles. The average molecular weight is 138 g/mol. The van der Waals surface area contributed by atoms with Gasteiger partial charge in [0, 0.05) is 0 Å². The number of nitrogens with one attached hydrogen (secondary N) is 1. The Morgan fingerprint density at radius 2 is 2.50 bits per heavy atom. The van der Waals surface area contributed by atoms with Gasteiger partial charge in [0.15, 0.2) is 0 Å².